The van der Waals surface area contributed by atoms with Gasteiger partial charge < -0.3 is 0 Å². The molecule has 0 aliphatic heterocycles. The van der Waals surface area contributed by atoms with Crippen molar-refractivity contribution in [3.8, 4) is 0 Å². The minimum Gasteiger partial charge on any atom is -0.298 e. The van der Waals surface area contributed by atoms with E-state index < -0.39 is 33.9 Å². The van der Waals surface area contributed by atoms with Crippen molar-refractivity contribution >= 4 is 28.7 Å². The van der Waals surface area contributed by atoms with E-state index in [0.717, 1.165) is 12.1 Å². The first-order valence-electron chi connectivity index (χ1n) is 6.63. The number of carbonyl (C=O) groups is 3. The Morgan fingerprint density at radius 3 is 2.41 bits per heavy atom. The lowest BCUT2D eigenvalue weighted by Gasteiger charge is -2.18. The number of hydrogen-bond acceptors (Lipinski definition) is 7. The molecular formula is C14H14N2O6. The van der Waals surface area contributed by atoms with Gasteiger partial charge in [-0.3, -0.25) is 34.8 Å². The van der Waals surface area contributed by atoms with Gasteiger partial charge in [-0.1, -0.05) is 0 Å². The van der Waals surface area contributed by atoms with E-state index in [1.165, 1.54) is 13.1 Å². The first kappa shape index (κ1) is 15.8. The lowest BCUT2D eigenvalue weighted by atomic mass is 9.81. The largest absolute Gasteiger partial charge is 0.298 e. The molecule has 0 radical (unpaired) electrons. The topological polar surface area (TPSA) is 118 Å². The summed E-state index contributed by atoms with van der Waals surface area (Å²) < 4.78 is 0. The van der Waals surface area contributed by atoms with E-state index in [-0.39, 0.29) is 24.1 Å². The lowest BCUT2D eigenvalue weighted by Crippen LogP contribution is -2.35. The number of nitro groups is 1. The number of benzene rings is 1. The molecule has 1 saturated carbocycles. The van der Waals surface area contributed by atoms with Crippen molar-refractivity contribution in [2.45, 2.75) is 19.3 Å². The van der Waals surface area contributed by atoms with Crippen molar-refractivity contribution < 1.29 is 24.5 Å². The Kier molecular flexibility index (Phi) is 4.32. The highest BCUT2D eigenvalue weighted by Gasteiger charge is 2.39. The standard InChI is InChI=1S/C14H14N2O6/c1-15(20)8-5-6-9(10(7-8)16(21)22)14(19)13-11(17)3-2-4-12(13)18/h5-7,13,20H,2-4H2,1H3. The van der Waals surface area contributed by atoms with Crippen LogP contribution in [0.15, 0.2) is 18.2 Å². The van der Waals surface area contributed by atoms with E-state index in [9.17, 15) is 29.7 Å². The third kappa shape index (κ3) is 2.86. The number of nitrogens with zero attached hydrogens (tertiary/aromatic N) is 2. The maximum atomic E-state index is 12.4. The Hall–Kier alpha value is -2.61. The molecule has 116 valence electrons. The summed E-state index contributed by atoms with van der Waals surface area (Å²) in [6.07, 6.45) is 0.637. The molecule has 22 heavy (non-hydrogen) atoms. The molecule has 0 aromatic heterocycles. The molecule has 8 nitrogen and oxygen atoms in total. The van der Waals surface area contributed by atoms with Gasteiger partial charge in [0, 0.05) is 26.0 Å². The molecule has 0 amide bonds. The Morgan fingerprint density at radius 2 is 1.91 bits per heavy atom. The van der Waals surface area contributed by atoms with Crippen LogP contribution in [0.3, 0.4) is 0 Å². The summed E-state index contributed by atoms with van der Waals surface area (Å²) in [5.41, 5.74) is -0.733. The van der Waals surface area contributed by atoms with Crippen molar-refractivity contribution in [2.24, 2.45) is 5.92 Å². The summed E-state index contributed by atoms with van der Waals surface area (Å²) in [5, 5.41) is 21.1. The van der Waals surface area contributed by atoms with Gasteiger partial charge in [-0.05, 0) is 18.6 Å². The minimum absolute atomic E-state index is 0.115. The van der Waals surface area contributed by atoms with Crippen LogP contribution in [0.1, 0.15) is 29.6 Å². The number of rotatable bonds is 4. The molecule has 0 atom stereocenters. The van der Waals surface area contributed by atoms with Gasteiger partial charge >= 0.3 is 0 Å². The summed E-state index contributed by atoms with van der Waals surface area (Å²) in [6, 6.07) is 3.47. The summed E-state index contributed by atoms with van der Waals surface area (Å²) in [7, 11) is 1.27. The molecule has 1 N–H and O–H groups in total. The quantitative estimate of drug-likeness (QED) is 0.388. The van der Waals surface area contributed by atoms with E-state index in [1.807, 2.05) is 0 Å². The number of nitro benzene ring substituents is 1. The normalized spacial score (nSPS) is 15.7. The van der Waals surface area contributed by atoms with E-state index in [0.29, 0.717) is 11.5 Å². The zero-order valence-electron chi connectivity index (χ0n) is 11.8. The molecule has 1 aromatic rings. The highest BCUT2D eigenvalue weighted by molar-refractivity contribution is 6.26. The molecule has 0 unspecified atom stereocenters. The third-order valence-corrected chi connectivity index (χ3v) is 3.57. The zero-order valence-corrected chi connectivity index (χ0v) is 11.8. The monoisotopic (exact) mass is 306 g/mol. The van der Waals surface area contributed by atoms with Gasteiger partial charge in [-0.2, -0.15) is 0 Å². The molecule has 8 heteroatoms. The second kappa shape index (κ2) is 6.02. The third-order valence-electron chi connectivity index (χ3n) is 3.57. The van der Waals surface area contributed by atoms with Gasteiger partial charge in [0.05, 0.1) is 16.2 Å². The van der Waals surface area contributed by atoms with Gasteiger partial charge in [0.1, 0.15) is 5.92 Å². The number of anilines is 1. The number of ketones is 3. The van der Waals surface area contributed by atoms with E-state index in [4.69, 9.17) is 0 Å². The Labute approximate surface area is 125 Å². The van der Waals surface area contributed by atoms with E-state index in [2.05, 4.69) is 0 Å². The molecule has 1 aromatic carbocycles. The van der Waals surface area contributed by atoms with E-state index >= 15 is 0 Å². The fraction of sp³-hybridized carbons (Fsp3) is 0.357. The maximum Gasteiger partial charge on any atom is 0.282 e. The predicted octanol–water partition coefficient (Wildman–Crippen LogP) is 1.54. The molecule has 0 heterocycles. The summed E-state index contributed by atoms with van der Waals surface area (Å²) in [6.45, 7) is 0. The van der Waals surface area contributed by atoms with Gasteiger partial charge in [-0.15, -0.1) is 0 Å². The van der Waals surface area contributed by atoms with Crippen LogP contribution in [0.4, 0.5) is 11.4 Å². The smallest absolute Gasteiger partial charge is 0.282 e. The summed E-state index contributed by atoms with van der Waals surface area (Å²) in [5.74, 6) is -3.31. The van der Waals surface area contributed by atoms with Crippen LogP contribution in [-0.4, -0.2) is 34.5 Å². The van der Waals surface area contributed by atoms with Crippen molar-refractivity contribution in [1.82, 2.24) is 0 Å². The van der Waals surface area contributed by atoms with Crippen molar-refractivity contribution in [2.75, 3.05) is 12.1 Å². The first-order valence-corrected chi connectivity index (χ1v) is 6.63. The first-order chi connectivity index (χ1) is 10.3. The van der Waals surface area contributed by atoms with Crippen LogP contribution in [-0.2, 0) is 9.59 Å². The summed E-state index contributed by atoms with van der Waals surface area (Å²) >= 11 is 0. The van der Waals surface area contributed by atoms with Gasteiger partial charge in [0.25, 0.3) is 5.69 Å². The molecule has 0 bridgehead atoms. The van der Waals surface area contributed by atoms with Crippen LogP contribution < -0.4 is 5.06 Å². The van der Waals surface area contributed by atoms with Crippen molar-refractivity contribution in [3.63, 3.8) is 0 Å². The second-order valence-corrected chi connectivity index (χ2v) is 5.07. The van der Waals surface area contributed by atoms with Gasteiger partial charge in [0.15, 0.2) is 17.3 Å². The fourth-order valence-corrected chi connectivity index (χ4v) is 2.43. The average Bonchev–Trinajstić information content (AvgIpc) is 2.46. The highest BCUT2D eigenvalue weighted by Crippen LogP contribution is 2.29. The molecule has 0 saturated heterocycles. The zero-order chi connectivity index (χ0) is 16.4. The summed E-state index contributed by atoms with van der Waals surface area (Å²) in [4.78, 5) is 46.4. The van der Waals surface area contributed by atoms with E-state index in [1.54, 1.807) is 0 Å². The van der Waals surface area contributed by atoms with Crippen molar-refractivity contribution in [1.29, 1.82) is 0 Å². The van der Waals surface area contributed by atoms with Crippen LogP contribution >= 0.6 is 0 Å². The molecule has 1 fully saturated rings. The Balaban J connectivity index is 2.47. The van der Waals surface area contributed by atoms with Gasteiger partial charge in [0.2, 0.25) is 0 Å². The van der Waals surface area contributed by atoms with Crippen LogP contribution in [0.25, 0.3) is 0 Å². The van der Waals surface area contributed by atoms with Crippen LogP contribution in [0.5, 0.6) is 0 Å². The molecule has 1 aliphatic rings. The Bertz CT molecular complexity index is 651. The highest BCUT2D eigenvalue weighted by atomic mass is 16.6. The predicted molar refractivity (Wildman–Crippen MR) is 75.0 cm³/mol. The molecular weight excluding hydrogens is 292 g/mol. The lowest BCUT2D eigenvalue weighted by molar-refractivity contribution is -0.385. The van der Waals surface area contributed by atoms with Crippen LogP contribution in [0.2, 0.25) is 0 Å². The average molecular weight is 306 g/mol. The number of hydroxylamine groups is 1. The minimum atomic E-state index is -1.45. The Morgan fingerprint density at radius 1 is 1.32 bits per heavy atom. The molecule has 2 rings (SSSR count). The molecule has 1 aliphatic carbocycles. The fourth-order valence-electron chi connectivity index (χ4n) is 2.43. The number of carbonyl (C=O) groups excluding carboxylic acids is 3. The number of hydrogen-bond donors (Lipinski definition) is 1. The second-order valence-electron chi connectivity index (χ2n) is 5.07. The van der Waals surface area contributed by atoms with Crippen molar-refractivity contribution in [3.05, 3.63) is 33.9 Å². The molecule has 0 spiro atoms. The van der Waals surface area contributed by atoms with Crippen LogP contribution in [0, 0.1) is 16.0 Å². The maximum absolute atomic E-state index is 12.4. The SMILES string of the molecule is CN(O)c1ccc(C(=O)C2C(=O)CCCC2=O)c([N+](=O)[O-])c1. The number of Topliss-reactive ketones (excluding diaryl/α,β-unsaturated/α-hetero) is 3. The van der Waals surface area contributed by atoms with Gasteiger partial charge in [-0.25, -0.2) is 0 Å².